The van der Waals surface area contributed by atoms with Gasteiger partial charge in [0.2, 0.25) is 0 Å². The summed E-state index contributed by atoms with van der Waals surface area (Å²) in [5.74, 6) is -0.920. The number of hydrogen-bond donors (Lipinski definition) is 0. The fraction of sp³-hybridized carbons (Fsp3) is 0.875. The van der Waals surface area contributed by atoms with Crippen molar-refractivity contribution in [3.05, 3.63) is 0 Å². The van der Waals surface area contributed by atoms with Crippen molar-refractivity contribution >= 4 is 5.97 Å². The van der Waals surface area contributed by atoms with Crippen molar-refractivity contribution in [2.75, 3.05) is 0 Å². The van der Waals surface area contributed by atoms with Crippen LogP contribution in [0.25, 0.3) is 0 Å². The predicted molar refractivity (Wildman–Crippen MR) is 38.4 cm³/mol. The average Bonchev–Trinajstić information content (AvgIpc) is 1.87. The van der Waals surface area contributed by atoms with Crippen LogP contribution in [-0.4, -0.2) is 5.97 Å². The van der Waals surface area contributed by atoms with Crippen molar-refractivity contribution < 1.29 is 64.2 Å². The van der Waals surface area contributed by atoms with Gasteiger partial charge in [-0.1, -0.05) is 32.6 Å². The van der Waals surface area contributed by atoms with Gasteiger partial charge in [-0.3, -0.25) is 0 Å². The molecule has 0 saturated carbocycles. The van der Waals surface area contributed by atoms with Gasteiger partial charge in [0.1, 0.15) is 0 Å². The first-order valence-electron chi connectivity index (χ1n) is 3.97. The molecule has 0 radical (unpaired) electrons. The molecule has 0 unspecified atom stereocenters. The molecule has 0 atom stereocenters. The minimum Gasteiger partial charge on any atom is -1.00 e. The number of unbranched alkanes of at least 4 members (excludes halogenated alkanes) is 4. The fourth-order valence-electron chi connectivity index (χ4n) is 0.873. The van der Waals surface area contributed by atoms with Crippen molar-refractivity contribution in [2.24, 2.45) is 0 Å². The van der Waals surface area contributed by atoms with Crippen LogP contribution in [0.5, 0.6) is 0 Å². The van der Waals surface area contributed by atoms with Gasteiger partial charge in [0.05, 0.1) is 0 Å². The number of carbonyl (C=O) groups is 1. The van der Waals surface area contributed by atoms with E-state index in [0.717, 1.165) is 19.3 Å². The van der Waals surface area contributed by atoms with Gasteiger partial charge in [0.25, 0.3) is 0 Å². The van der Waals surface area contributed by atoms with Gasteiger partial charge in [-0.05, 0) is 12.8 Å². The molecule has 5 heteroatoms. The number of aliphatic carboxylic acids is 1. The predicted octanol–water partition coefficient (Wildman–Crippen LogP) is -1.90. The number of rotatable bonds is 6. The second kappa shape index (κ2) is 18.8. The average molecular weight is 352 g/mol. The van der Waals surface area contributed by atoms with Gasteiger partial charge in [-0.15, -0.1) is 0 Å². The Labute approximate surface area is 115 Å². The summed E-state index contributed by atoms with van der Waals surface area (Å²) in [5.41, 5.74) is 0. The molecule has 13 heavy (non-hydrogen) atoms. The third kappa shape index (κ3) is 24.6. The molecule has 0 amide bonds. The quantitative estimate of drug-likeness (QED) is 0.414. The van der Waals surface area contributed by atoms with E-state index in [1.165, 1.54) is 12.8 Å². The number of carbonyl (C=O) groups excluding carboxylic acids is 1. The fourth-order valence-corrected chi connectivity index (χ4v) is 0.873. The maximum absolute atomic E-state index is 9.92. The summed E-state index contributed by atoms with van der Waals surface area (Å²) in [6.07, 6.45) is 5.61. The maximum Gasteiger partial charge on any atom is 2.00 e. The Morgan fingerprint density at radius 2 is 1.62 bits per heavy atom. The van der Waals surface area contributed by atoms with E-state index in [1.54, 1.807) is 0 Å². The first kappa shape index (κ1) is 23.7. The third-order valence-corrected chi connectivity index (χ3v) is 1.48. The van der Waals surface area contributed by atoms with Crippen LogP contribution >= 0.6 is 0 Å². The largest absolute Gasteiger partial charge is 2.00 e. The number of hydrogen-bond acceptors (Lipinski definition) is 2. The van der Waals surface area contributed by atoms with Gasteiger partial charge < -0.3 is 22.3 Å². The third-order valence-electron chi connectivity index (χ3n) is 1.48. The molecule has 0 saturated heterocycles. The minimum absolute atomic E-state index is 0. The van der Waals surface area contributed by atoms with Crippen LogP contribution in [0, 0.1) is 0 Å². The summed E-state index contributed by atoms with van der Waals surface area (Å²) < 4.78 is 0. The summed E-state index contributed by atoms with van der Waals surface area (Å²) in [5, 5.41) is 9.92. The van der Waals surface area contributed by atoms with Crippen molar-refractivity contribution in [3.63, 3.8) is 0 Å². The zero-order valence-corrected chi connectivity index (χ0v) is 13.2. The van der Waals surface area contributed by atoms with E-state index in [4.69, 9.17) is 0 Å². The summed E-state index contributed by atoms with van der Waals surface area (Å²) in [6.45, 7) is 2.14. The smallest absolute Gasteiger partial charge is 1.00 e. The van der Waals surface area contributed by atoms with Crippen molar-refractivity contribution in [2.45, 2.75) is 45.4 Å². The molecule has 0 fully saturated rings. The Morgan fingerprint density at radius 1 is 1.15 bits per heavy atom. The van der Waals surface area contributed by atoms with Crippen LogP contribution in [0.15, 0.2) is 0 Å². The molecule has 0 aliphatic carbocycles. The van der Waals surface area contributed by atoms with Crippen molar-refractivity contribution in [3.8, 4) is 0 Å². The monoisotopic (exact) mass is 349 g/mol. The van der Waals surface area contributed by atoms with Crippen LogP contribution < -0.4 is 17.5 Å². The van der Waals surface area contributed by atoms with E-state index in [0.29, 0.717) is 0 Å². The molecule has 0 bridgehead atoms. The van der Waals surface area contributed by atoms with E-state index >= 15 is 0 Å². The molecule has 0 aromatic carbocycles. The SMILES string of the molecule is CCCCCCCC(=O)[O-].[Ag+].[Cl-].[Zn+2]. The van der Waals surface area contributed by atoms with Crippen molar-refractivity contribution in [1.82, 2.24) is 0 Å². The molecule has 0 N–H and O–H groups in total. The van der Waals surface area contributed by atoms with Crippen LogP contribution in [0.3, 0.4) is 0 Å². The van der Waals surface area contributed by atoms with E-state index in [9.17, 15) is 9.90 Å². The molecule has 0 aromatic heterocycles. The number of halogens is 1. The Morgan fingerprint density at radius 3 is 2.00 bits per heavy atom. The zero-order valence-electron chi connectivity index (χ0n) is 7.95. The zero-order chi connectivity index (χ0) is 7.82. The minimum atomic E-state index is -0.920. The Kier molecular flexibility index (Phi) is 34.4. The molecule has 0 rings (SSSR count). The molecule has 0 aliphatic rings. The van der Waals surface area contributed by atoms with E-state index in [-0.39, 0.29) is 60.7 Å². The molecular formula is C8H15AgClO2Zn+. The van der Waals surface area contributed by atoms with Gasteiger partial charge in [-0.25, -0.2) is 0 Å². The second-order valence-corrected chi connectivity index (χ2v) is 2.54. The Balaban J connectivity index is -0.000000135. The normalized spacial score (nSPS) is 7.46. The van der Waals surface area contributed by atoms with Crippen LogP contribution in [0.4, 0.5) is 0 Å². The van der Waals surface area contributed by atoms with E-state index in [2.05, 4.69) is 6.92 Å². The first-order chi connectivity index (χ1) is 4.77. The molecule has 2 nitrogen and oxygen atoms in total. The van der Waals surface area contributed by atoms with E-state index < -0.39 is 5.97 Å². The molecular weight excluding hydrogens is 337 g/mol. The van der Waals surface area contributed by atoms with Crippen molar-refractivity contribution in [1.29, 1.82) is 0 Å². The summed E-state index contributed by atoms with van der Waals surface area (Å²) in [6, 6.07) is 0. The number of carboxylic acids is 1. The second-order valence-electron chi connectivity index (χ2n) is 2.54. The Bertz CT molecular complexity index is 104. The molecule has 0 heterocycles. The summed E-state index contributed by atoms with van der Waals surface area (Å²) >= 11 is 0. The van der Waals surface area contributed by atoms with Gasteiger partial charge in [0, 0.05) is 5.97 Å². The Hall–Kier alpha value is 1.12. The van der Waals surface area contributed by atoms with Gasteiger partial charge in [0.15, 0.2) is 0 Å². The van der Waals surface area contributed by atoms with Gasteiger partial charge >= 0.3 is 41.9 Å². The molecule has 0 aliphatic heterocycles. The topological polar surface area (TPSA) is 40.1 Å². The molecule has 78 valence electrons. The standard InChI is InChI=1S/C8H16O2.Ag.ClH.Zn/c1-2-3-4-5-6-7-8(9)10;;;/h2-7H2,1H3,(H,9,10);;1H;/q;+1;;+2/p-2. The summed E-state index contributed by atoms with van der Waals surface area (Å²) in [4.78, 5) is 9.92. The first-order valence-corrected chi connectivity index (χ1v) is 3.97. The van der Waals surface area contributed by atoms with Gasteiger partial charge in [-0.2, -0.15) is 0 Å². The van der Waals surface area contributed by atoms with Crippen LogP contribution in [0.2, 0.25) is 0 Å². The molecule has 0 spiro atoms. The number of carboxylic acid groups (broad SMARTS) is 1. The summed E-state index contributed by atoms with van der Waals surface area (Å²) in [7, 11) is 0. The maximum atomic E-state index is 9.92. The molecule has 0 aromatic rings. The van der Waals surface area contributed by atoms with Crippen LogP contribution in [-0.2, 0) is 46.7 Å². The van der Waals surface area contributed by atoms with E-state index in [1.807, 2.05) is 0 Å². The van der Waals surface area contributed by atoms with Crippen LogP contribution in [0.1, 0.15) is 45.4 Å².